The van der Waals surface area contributed by atoms with Gasteiger partial charge in [0.05, 0.1) is 0 Å². The Kier molecular flexibility index (Phi) is 6.26. The summed E-state index contributed by atoms with van der Waals surface area (Å²) in [7, 11) is 0. The first-order valence-corrected chi connectivity index (χ1v) is 7.97. The van der Waals surface area contributed by atoms with Crippen molar-refractivity contribution in [3.63, 3.8) is 0 Å². The van der Waals surface area contributed by atoms with E-state index < -0.39 is 0 Å². The summed E-state index contributed by atoms with van der Waals surface area (Å²) in [6.45, 7) is 18.2. The Hall–Kier alpha value is -0.820. The number of benzene rings is 1. The van der Waals surface area contributed by atoms with Crippen LogP contribution in [0.25, 0.3) is 0 Å². The van der Waals surface area contributed by atoms with Gasteiger partial charge in [0, 0.05) is 0 Å². The molecule has 1 aromatic rings. The van der Waals surface area contributed by atoms with Crippen LogP contribution in [0.3, 0.4) is 0 Å². The molecule has 20 heavy (non-hydrogen) atoms. The Morgan fingerprint density at radius 2 is 1.65 bits per heavy atom. The van der Waals surface area contributed by atoms with E-state index in [4.69, 9.17) is 0 Å². The molecule has 1 unspecified atom stereocenters. The third kappa shape index (κ3) is 5.66. The van der Waals surface area contributed by atoms with Crippen LogP contribution >= 0.6 is 0 Å². The van der Waals surface area contributed by atoms with E-state index in [1.807, 2.05) is 0 Å². The predicted molar refractivity (Wildman–Crippen MR) is 90.3 cm³/mol. The van der Waals surface area contributed by atoms with Crippen molar-refractivity contribution in [2.24, 2.45) is 17.3 Å². The van der Waals surface area contributed by atoms with Gasteiger partial charge >= 0.3 is 0 Å². The van der Waals surface area contributed by atoms with Gasteiger partial charge < -0.3 is 5.32 Å². The maximum atomic E-state index is 3.64. The van der Waals surface area contributed by atoms with E-state index in [0.29, 0.717) is 11.3 Å². The number of rotatable bonds is 6. The van der Waals surface area contributed by atoms with Gasteiger partial charge in [-0.15, -0.1) is 0 Å². The zero-order valence-electron chi connectivity index (χ0n) is 14.5. The summed E-state index contributed by atoms with van der Waals surface area (Å²) in [6, 6.07) is 6.91. The van der Waals surface area contributed by atoms with Crippen molar-refractivity contribution in [3.05, 3.63) is 34.9 Å². The third-order valence-electron chi connectivity index (χ3n) is 4.22. The summed E-state index contributed by atoms with van der Waals surface area (Å²) >= 11 is 0. The SMILES string of the molecule is Cc1ccc(CC(CNCC(C)C)C(C)(C)C)cc1C. The lowest BCUT2D eigenvalue weighted by molar-refractivity contribution is 0.228. The standard InChI is InChI=1S/C19H33N/c1-14(2)12-20-13-18(19(5,6)7)11-17-9-8-15(3)16(4)10-17/h8-10,14,18,20H,11-13H2,1-7H3. The van der Waals surface area contributed by atoms with Crippen LogP contribution in [0.15, 0.2) is 18.2 Å². The fourth-order valence-corrected chi connectivity index (χ4v) is 2.45. The molecule has 0 heterocycles. The molecule has 0 spiro atoms. The van der Waals surface area contributed by atoms with Crippen molar-refractivity contribution in [2.75, 3.05) is 13.1 Å². The third-order valence-corrected chi connectivity index (χ3v) is 4.22. The summed E-state index contributed by atoms with van der Waals surface area (Å²) in [5.41, 5.74) is 4.60. The van der Waals surface area contributed by atoms with Crippen LogP contribution in [0.1, 0.15) is 51.3 Å². The van der Waals surface area contributed by atoms with Gasteiger partial charge in [-0.1, -0.05) is 52.8 Å². The lowest BCUT2D eigenvalue weighted by Crippen LogP contribution is -2.35. The molecule has 0 radical (unpaired) electrons. The fourth-order valence-electron chi connectivity index (χ4n) is 2.45. The number of hydrogen-bond acceptors (Lipinski definition) is 1. The minimum absolute atomic E-state index is 0.336. The number of hydrogen-bond donors (Lipinski definition) is 1. The van der Waals surface area contributed by atoms with E-state index in [1.54, 1.807) is 0 Å². The molecular weight excluding hydrogens is 242 g/mol. The molecule has 0 saturated heterocycles. The molecule has 1 rings (SSSR count). The fraction of sp³-hybridized carbons (Fsp3) is 0.684. The second-order valence-corrected chi connectivity index (χ2v) is 7.74. The van der Waals surface area contributed by atoms with Crippen LogP contribution in [0, 0.1) is 31.1 Å². The average Bonchev–Trinajstić information content (AvgIpc) is 2.31. The van der Waals surface area contributed by atoms with Gasteiger partial charge in [0.25, 0.3) is 0 Å². The molecule has 0 amide bonds. The van der Waals surface area contributed by atoms with Gasteiger partial charge in [0.15, 0.2) is 0 Å². The largest absolute Gasteiger partial charge is 0.316 e. The van der Waals surface area contributed by atoms with E-state index in [1.165, 1.54) is 16.7 Å². The summed E-state index contributed by atoms with van der Waals surface area (Å²) < 4.78 is 0. The topological polar surface area (TPSA) is 12.0 Å². The van der Waals surface area contributed by atoms with Crippen LogP contribution in [0.4, 0.5) is 0 Å². The molecule has 0 aliphatic heterocycles. The summed E-state index contributed by atoms with van der Waals surface area (Å²) in [6.07, 6.45) is 1.16. The van der Waals surface area contributed by atoms with E-state index in [9.17, 15) is 0 Å². The molecule has 1 atom stereocenters. The summed E-state index contributed by atoms with van der Waals surface area (Å²) in [5.74, 6) is 1.39. The van der Waals surface area contributed by atoms with E-state index in [-0.39, 0.29) is 0 Å². The lowest BCUT2D eigenvalue weighted by Gasteiger charge is -2.31. The second kappa shape index (κ2) is 7.26. The summed E-state index contributed by atoms with van der Waals surface area (Å²) in [5, 5.41) is 3.64. The Labute approximate surface area is 126 Å². The Balaban J connectivity index is 2.71. The summed E-state index contributed by atoms with van der Waals surface area (Å²) in [4.78, 5) is 0. The van der Waals surface area contributed by atoms with Crippen molar-refractivity contribution >= 4 is 0 Å². The quantitative estimate of drug-likeness (QED) is 0.789. The molecule has 1 nitrogen and oxygen atoms in total. The van der Waals surface area contributed by atoms with Crippen molar-refractivity contribution in [2.45, 2.75) is 54.9 Å². The highest BCUT2D eigenvalue weighted by atomic mass is 14.9. The highest BCUT2D eigenvalue weighted by Crippen LogP contribution is 2.29. The minimum Gasteiger partial charge on any atom is -0.316 e. The maximum Gasteiger partial charge on any atom is -0.00122 e. The molecule has 0 aliphatic carbocycles. The normalized spacial score (nSPS) is 13.8. The monoisotopic (exact) mass is 275 g/mol. The maximum absolute atomic E-state index is 3.64. The van der Waals surface area contributed by atoms with Crippen LogP contribution in [0.5, 0.6) is 0 Å². The van der Waals surface area contributed by atoms with Crippen LogP contribution in [-0.2, 0) is 6.42 Å². The van der Waals surface area contributed by atoms with Gasteiger partial charge in [-0.2, -0.15) is 0 Å². The second-order valence-electron chi connectivity index (χ2n) is 7.74. The van der Waals surface area contributed by atoms with Gasteiger partial charge in [0.1, 0.15) is 0 Å². The van der Waals surface area contributed by atoms with E-state index in [0.717, 1.165) is 25.4 Å². The van der Waals surface area contributed by atoms with Gasteiger partial charge in [-0.05, 0) is 67.3 Å². The van der Waals surface area contributed by atoms with E-state index in [2.05, 4.69) is 72.0 Å². The lowest BCUT2D eigenvalue weighted by atomic mass is 9.77. The van der Waals surface area contributed by atoms with Crippen molar-refractivity contribution in [1.82, 2.24) is 5.32 Å². The number of aryl methyl sites for hydroxylation is 2. The predicted octanol–water partition coefficient (Wildman–Crippen LogP) is 4.75. The molecular formula is C19H33N. The Morgan fingerprint density at radius 1 is 1.00 bits per heavy atom. The smallest absolute Gasteiger partial charge is 0.00122 e. The number of nitrogens with one attached hydrogen (secondary N) is 1. The highest BCUT2D eigenvalue weighted by Gasteiger charge is 2.24. The zero-order chi connectivity index (χ0) is 15.3. The Bertz CT molecular complexity index is 412. The molecule has 0 aromatic heterocycles. The Morgan fingerprint density at radius 3 is 2.15 bits per heavy atom. The van der Waals surface area contributed by atoms with Gasteiger partial charge in [-0.3, -0.25) is 0 Å². The molecule has 0 fully saturated rings. The van der Waals surface area contributed by atoms with Crippen LogP contribution < -0.4 is 5.32 Å². The van der Waals surface area contributed by atoms with Crippen LogP contribution in [0.2, 0.25) is 0 Å². The van der Waals surface area contributed by atoms with Gasteiger partial charge in [0.2, 0.25) is 0 Å². The average molecular weight is 275 g/mol. The minimum atomic E-state index is 0.336. The van der Waals surface area contributed by atoms with Gasteiger partial charge in [-0.25, -0.2) is 0 Å². The molecule has 114 valence electrons. The first-order valence-electron chi connectivity index (χ1n) is 7.97. The van der Waals surface area contributed by atoms with Crippen LogP contribution in [-0.4, -0.2) is 13.1 Å². The molecule has 1 aromatic carbocycles. The first kappa shape index (κ1) is 17.2. The zero-order valence-corrected chi connectivity index (χ0v) is 14.5. The highest BCUT2D eigenvalue weighted by molar-refractivity contribution is 5.30. The van der Waals surface area contributed by atoms with Crippen molar-refractivity contribution < 1.29 is 0 Å². The van der Waals surface area contributed by atoms with Crippen molar-refractivity contribution in [1.29, 1.82) is 0 Å². The molecule has 0 saturated carbocycles. The van der Waals surface area contributed by atoms with Crippen molar-refractivity contribution in [3.8, 4) is 0 Å². The molecule has 0 aliphatic rings. The van der Waals surface area contributed by atoms with E-state index >= 15 is 0 Å². The molecule has 1 heteroatoms. The first-order chi connectivity index (χ1) is 9.20. The molecule has 1 N–H and O–H groups in total. The molecule has 0 bridgehead atoms.